The Morgan fingerprint density at radius 3 is 2.75 bits per heavy atom. The zero-order valence-electron chi connectivity index (χ0n) is 11.4. The summed E-state index contributed by atoms with van der Waals surface area (Å²) < 4.78 is 0. The number of nitrogens with two attached hydrogens (primary N) is 1. The summed E-state index contributed by atoms with van der Waals surface area (Å²) in [5.41, 5.74) is 5.27. The molecule has 20 heavy (non-hydrogen) atoms. The van der Waals surface area contributed by atoms with Crippen molar-refractivity contribution < 1.29 is 9.72 Å². The van der Waals surface area contributed by atoms with Crippen LogP contribution in [0, 0.1) is 16.0 Å². The van der Waals surface area contributed by atoms with E-state index in [1.165, 1.54) is 6.07 Å². The molecule has 1 fully saturated rings. The number of carbonyl (C=O) groups is 1. The Kier molecular flexibility index (Phi) is 4.16. The van der Waals surface area contributed by atoms with Gasteiger partial charge < -0.3 is 10.6 Å². The molecule has 0 saturated carbocycles. The number of rotatable bonds is 3. The first-order valence-corrected chi connectivity index (χ1v) is 6.72. The number of hydrogen-bond acceptors (Lipinski definition) is 5. The summed E-state index contributed by atoms with van der Waals surface area (Å²) in [4.78, 5) is 28.1. The molecule has 7 heteroatoms. The van der Waals surface area contributed by atoms with Crippen LogP contribution in [0.25, 0.3) is 0 Å². The van der Waals surface area contributed by atoms with Crippen molar-refractivity contribution in [3.05, 3.63) is 27.9 Å². The van der Waals surface area contributed by atoms with Gasteiger partial charge in [0.1, 0.15) is 17.6 Å². The largest absolute Gasteiger partial charge is 0.384 e. The number of carbonyl (C=O) groups excluding carboxylic acids is 1. The molecule has 0 radical (unpaired) electrons. The second-order valence-corrected chi connectivity index (χ2v) is 5.03. The Bertz CT molecular complexity index is 524. The molecular weight excluding hydrogens is 260 g/mol. The van der Waals surface area contributed by atoms with Crippen molar-refractivity contribution in [1.29, 1.82) is 0 Å². The van der Waals surface area contributed by atoms with Crippen molar-refractivity contribution in [3.63, 3.8) is 0 Å². The third kappa shape index (κ3) is 2.87. The molecular formula is C13H18N4O3. The quantitative estimate of drug-likeness (QED) is 0.671. The molecule has 0 aliphatic carbocycles. The van der Waals surface area contributed by atoms with Crippen molar-refractivity contribution in [3.8, 4) is 0 Å². The van der Waals surface area contributed by atoms with Crippen LogP contribution < -0.4 is 5.73 Å². The van der Waals surface area contributed by atoms with Gasteiger partial charge in [-0.3, -0.25) is 14.9 Å². The Hall–Kier alpha value is -2.18. The van der Waals surface area contributed by atoms with Gasteiger partial charge in [-0.2, -0.15) is 0 Å². The van der Waals surface area contributed by atoms with E-state index in [2.05, 4.69) is 11.9 Å². The molecule has 0 bridgehead atoms. The van der Waals surface area contributed by atoms with Crippen molar-refractivity contribution in [2.75, 3.05) is 18.8 Å². The van der Waals surface area contributed by atoms with Gasteiger partial charge in [0.15, 0.2) is 0 Å². The lowest BCUT2D eigenvalue weighted by Gasteiger charge is -2.31. The number of piperidine rings is 1. The molecule has 1 amide bonds. The van der Waals surface area contributed by atoms with E-state index in [-0.39, 0.29) is 23.0 Å². The average molecular weight is 278 g/mol. The first kappa shape index (κ1) is 14.2. The van der Waals surface area contributed by atoms with Crippen LogP contribution in [0.1, 0.15) is 36.5 Å². The monoisotopic (exact) mass is 278 g/mol. The van der Waals surface area contributed by atoms with Gasteiger partial charge in [-0.1, -0.05) is 13.3 Å². The molecule has 0 unspecified atom stereocenters. The first-order chi connectivity index (χ1) is 9.52. The van der Waals surface area contributed by atoms with E-state index in [1.54, 1.807) is 4.90 Å². The van der Waals surface area contributed by atoms with Gasteiger partial charge >= 0.3 is 0 Å². The fraction of sp³-hybridized carbons (Fsp3) is 0.538. The highest BCUT2D eigenvalue weighted by atomic mass is 16.6. The number of nitrogens with zero attached hydrogens (tertiary/aromatic N) is 3. The maximum absolute atomic E-state index is 12.4. The van der Waals surface area contributed by atoms with Crippen LogP contribution in [-0.4, -0.2) is 33.8 Å². The second kappa shape index (κ2) is 5.85. The van der Waals surface area contributed by atoms with E-state index in [0.29, 0.717) is 19.0 Å². The Labute approximate surface area is 116 Å². The molecule has 2 rings (SSSR count). The number of amides is 1. The summed E-state index contributed by atoms with van der Waals surface area (Å²) in [5.74, 6) is 0.416. The molecule has 0 spiro atoms. The van der Waals surface area contributed by atoms with Crippen LogP contribution in [0.3, 0.4) is 0 Å². The van der Waals surface area contributed by atoms with Gasteiger partial charge in [-0.15, -0.1) is 0 Å². The maximum Gasteiger partial charge on any atom is 0.300 e. The lowest BCUT2D eigenvalue weighted by atomic mass is 9.94. The molecule has 2 N–H and O–H groups in total. The molecule has 1 aliphatic rings. The van der Waals surface area contributed by atoms with Crippen molar-refractivity contribution in [1.82, 2.24) is 9.88 Å². The molecule has 1 aliphatic heterocycles. The summed E-state index contributed by atoms with van der Waals surface area (Å²) in [6.45, 7) is 3.41. The van der Waals surface area contributed by atoms with Crippen molar-refractivity contribution in [2.24, 2.45) is 5.92 Å². The van der Waals surface area contributed by atoms with E-state index in [0.717, 1.165) is 25.5 Å². The van der Waals surface area contributed by atoms with Crippen LogP contribution in [0.5, 0.6) is 0 Å². The normalized spacial score (nSPS) is 16.1. The lowest BCUT2D eigenvalue weighted by Crippen LogP contribution is -2.38. The van der Waals surface area contributed by atoms with Crippen LogP contribution in [0.2, 0.25) is 0 Å². The van der Waals surface area contributed by atoms with Gasteiger partial charge in [-0.25, -0.2) is 4.98 Å². The van der Waals surface area contributed by atoms with E-state index < -0.39 is 4.92 Å². The first-order valence-electron chi connectivity index (χ1n) is 6.72. The van der Waals surface area contributed by atoms with Gasteiger partial charge in [0, 0.05) is 13.1 Å². The topological polar surface area (TPSA) is 102 Å². The van der Waals surface area contributed by atoms with Crippen LogP contribution in [-0.2, 0) is 0 Å². The minimum atomic E-state index is -0.599. The number of hydrogen-bond donors (Lipinski definition) is 1. The molecule has 1 aromatic rings. The number of nitro groups is 1. The Balaban J connectivity index is 2.21. The number of likely N-dealkylation sites (tertiary alicyclic amines) is 1. The molecule has 0 atom stereocenters. The van der Waals surface area contributed by atoms with E-state index in [4.69, 9.17) is 5.73 Å². The van der Waals surface area contributed by atoms with Gasteiger partial charge in [-0.05, 0) is 24.8 Å². The molecule has 0 aromatic carbocycles. The van der Waals surface area contributed by atoms with Gasteiger partial charge in [0.25, 0.3) is 11.6 Å². The summed E-state index contributed by atoms with van der Waals surface area (Å²) in [6.07, 6.45) is 4.03. The number of pyridine rings is 1. The molecule has 2 heterocycles. The van der Waals surface area contributed by atoms with Crippen LogP contribution >= 0.6 is 0 Å². The number of anilines is 1. The third-order valence-electron chi connectivity index (χ3n) is 3.81. The highest BCUT2D eigenvalue weighted by molar-refractivity contribution is 5.98. The molecule has 108 valence electrons. The Morgan fingerprint density at radius 2 is 2.20 bits per heavy atom. The zero-order valence-corrected chi connectivity index (χ0v) is 11.4. The highest BCUT2D eigenvalue weighted by Gasteiger charge is 2.28. The highest BCUT2D eigenvalue weighted by Crippen LogP contribution is 2.25. The summed E-state index contributed by atoms with van der Waals surface area (Å²) in [5, 5.41) is 11.0. The third-order valence-corrected chi connectivity index (χ3v) is 3.81. The fourth-order valence-electron chi connectivity index (χ4n) is 2.50. The summed E-state index contributed by atoms with van der Waals surface area (Å²) in [7, 11) is 0. The van der Waals surface area contributed by atoms with E-state index >= 15 is 0 Å². The van der Waals surface area contributed by atoms with Gasteiger partial charge in [0.05, 0.1) is 4.92 Å². The van der Waals surface area contributed by atoms with Gasteiger partial charge in [0.2, 0.25) is 0 Å². The minimum absolute atomic E-state index is 0.0254. The van der Waals surface area contributed by atoms with E-state index in [1.807, 2.05) is 0 Å². The average Bonchev–Trinajstić information content (AvgIpc) is 2.46. The van der Waals surface area contributed by atoms with Crippen LogP contribution in [0.15, 0.2) is 12.3 Å². The van der Waals surface area contributed by atoms with E-state index in [9.17, 15) is 14.9 Å². The number of nitrogen functional groups attached to an aromatic ring is 1. The second-order valence-electron chi connectivity index (χ2n) is 5.03. The molecule has 7 nitrogen and oxygen atoms in total. The summed E-state index contributed by atoms with van der Waals surface area (Å²) in [6, 6.07) is 1.28. The minimum Gasteiger partial charge on any atom is -0.384 e. The van der Waals surface area contributed by atoms with Crippen LogP contribution in [0.4, 0.5) is 11.5 Å². The number of aromatic nitrogens is 1. The van der Waals surface area contributed by atoms with Crippen molar-refractivity contribution >= 4 is 17.4 Å². The SMILES string of the molecule is CCC1CCN(C(=O)c2cc(N)ncc2[N+](=O)[O-])CC1. The zero-order chi connectivity index (χ0) is 14.7. The smallest absolute Gasteiger partial charge is 0.300 e. The molecule has 1 saturated heterocycles. The van der Waals surface area contributed by atoms with Crippen molar-refractivity contribution in [2.45, 2.75) is 26.2 Å². The molecule has 1 aromatic heterocycles. The Morgan fingerprint density at radius 1 is 1.55 bits per heavy atom. The lowest BCUT2D eigenvalue weighted by molar-refractivity contribution is -0.385. The fourth-order valence-corrected chi connectivity index (χ4v) is 2.50. The predicted octanol–water partition coefficient (Wildman–Crippen LogP) is 1.83. The summed E-state index contributed by atoms with van der Waals surface area (Å²) >= 11 is 0. The standard InChI is InChI=1S/C13H18N4O3/c1-2-9-3-5-16(6-4-9)13(18)10-7-12(14)15-8-11(10)17(19)20/h7-9H,2-6H2,1H3,(H2,14,15). The predicted molar refractivity (Wildman–Crippen MR) is 74.2 cm³/mol. The maximum atomic E-state index is 12.4.